The molecule has 0 unspecified atom stereocenters. The molecule has 2 aromatic rings. The first-order valence-corrected chi connectivity index (χ1v) is 13.2. The van der Waals surface area contributed by atoms with E-state index in [2.05, 4.69) is 23.3 Å². The fourth-order valence-corrected chi connectivity index (χ4v) is 4.57. The molecule has 0 aliphatic carbocycles. The average molecular weight is 521 g/mol. The average Bonchev–Trinajstić information content (AvgIpc) is 2.92. The van der Waals surface area contributed by atoms with Crippen molar-refractivity contribution in [2.75, 3.05) is 50.7 Å². The Balaban J connectivity index is 1.72. The Morgan fingerprint density at radius 3 is 2.00 bits per heavy atom. The number of nitrogens with zero attached hydrogens (tertiary/aromatic N) is 2. The number of carbonyl (C=O) groups excluding carboxylic acids is 3. The summed E-state index contributed by atoms with van der Waals surface area (Å²) in [5, 5.41) is 5.54. The van der Waals surface area contributed by atoms with E-state index in [9.17, 15) is 14.4 Å². The van der Waals surface area contributed by atoms with Gasteiger partial charge in [0.2, 0.25) is 17.7 Å². The van der Waals surface area contributed by atoms with Crippen molar-refractivity contribution < 1.29 is 14.4 Å². The Kier molecular flexibility index (Phi) is 11.5. The zero-order valence-corrected chi connectivity index (χ0v) is 22.1. The second-order valence-corrected chi connectivity index (χ2v) is 9.41. The molecule has 0 saturated heterocycles. The van der Waals surface area contributed by atoms with Crippen molar-refractivity contribution in [3.05, 3.63) is 71.8 Å². The molecule has 0 bridgehead atoms. The van der Waals surface area contributed by atoms with Gasteiger partial charge in [0, 0.05) is 70.8 Å². The number of amides is 3. The van der Waals surface area contributed by atoms with Crippen LogP contribution in [0.15, 0.2) is 55.1 Å². The zero-order chi connectivity index (χ0) is 27.3. The highest BCUT2D eigenvalue weighted by Gasteiger charge is 2.24. The summed E-state index contributed by atoms with van der Waals surface area (Å²) >= 11 is 0. The molecule has 9 heteroatoms. The molecular weight excluding hydrogens is 480 g/mol. The topological polar surface area (TPSA) is 134 Å². The first-order valence-electron chi connectivity index (χ1n) is 13.2. The van der Waals surface area contributed by atoms with Gasteiger partial charge >= 0.3 is 0 Å². The third kappa shape index (κ3) is 8.51. The van der Waals surface area contributed by atoms with Crippen molar-refractivity contribution in [2.45, 2.75) is 32.2 Å². The van der Waals surface area contributed by atoms with Crippen LogP contribution in [0.3, 0.4) is 0 Å². The van der Waals surface area contributed by atoms with Crippen LogP contribution in [0.2, 0.25) is 0 Å². The van der Waals surface area contributed by atoms with Gasteiger partial charge in [-0.15, -0.1) is 0 Å². The van der Waals surface area contributed by atoms with Gasteiger partial charge in [0.05, 0.1) is 6.54 Å². The van der Waals surface area contributed by atoms with Crippen molar-refractivity contribution in [2.24, 2.45) is 11.5 Å². The third-order valence-electron chi connectivity index (χ3n) is 6.60. The normalized spacial score (nSPS) is 12.8. The number of nitrogens with two attached hydrogens (primary N) is 2. The van der Waals surface area contributed by atoms with Crippen LogP contribution in [0.4, 0.5) is 5.69 Å². The number of hydrogen-bond donors (Lipinski definition) is 4. The van der Waals surface area contributed by atoms with Gasteiger partial charge in [-0.25, -0.2) is 0 Å². The van der Waals surface area contributed by atoms with Crippen LogP contribution in [0.1, 0.15) is 36.0 Å². The molecule has 1 heterocycles. The second-order valence-electron chi connectivity index (χ2n) is 9.41. The molecule has 0 fully saturated rings. The Morgan fingerprint density at radius 2 is 1.37 bits per heavy atom. The van der Waals surface area contributed by atoms with E-state index in [1.807, 2.05) is 52.3 Å². The molecule has 38 heavy (non-hydrogen) atoms. The summed E-state index contributed by atoms with van der Waals surface area (Å²) in [6, 6.07) is 16.0. The number of nitrogens with one attached hydrogen (secondary N) is 2. The minimum atomic E-state index is -0.103. The number of anilines is 1. The summed E-state index contributed by atoms with van der Waals surface area (Å²) in [4.78, 5) is 41.8. The summed E-state index contributed by atoms with van der Waals surface area (Å²) in [7, 11) is 0. The standard InChI is InChI=1S/C29H40N6O3/c1-22-20-23-6-3-5-9-26(23)35(21-24-7-2-4-8-25(22)24)29(38)12-19-34(17-10-27(36)32-15-13-30)18-11-28(37)33-16-14-31/h2-9H,1,10-21,30-31H2,(H,32,36)(H,33,37). The van der Waals surface area contributed by atoms with Crippen molar-refractivity contribution in [1.82, 2.24) is 15.5 Å². The Hall–Kier alpha value is -3.53. The fraction of sp³-hybridized carbons (Fsp3) is 0.414. The molecule has 0 radical (unpaired) electrons. The highest BCUT2D eigenvalue weighted by molar-refractivity contribution is 5.95. The number of allylic oxidation sites excluding steroid dienone is 1. The largest absolute Gasteiger partial charge is 0.355 e. The molecule has 3 amide bonds. The minimum absolute atomic E-state index is 0.00932. The Labute approximate surface area is 225 Å². The van der Waals surface area contributed by atoms with Crippen molar-refractivity contribution >= 4 is 29.0 Å². The smallest absolute Gasteiger partial charge is 0.228 e. The van der Waals surface area contributed by atoms with Crippen LogP contribution in [0.5, 0.6) is 0 Å². The lowest BCUT2D eigenvalue weighted by atomic mass is 9.92. The summed E-state index contributed by atoms with van der Waals surface area (Å²) in [6.07, 6.45) is 1.45. The van der Waals surface area contributed by atoms with Gasteiger partial charge in [-0.05, 0) is 34.8 Å². The number of hydrogen-bond acceptors (Lipinski definition) is 6. The summed E-state index contributed by atoms with van der Waals surface area (Å²) in [6.45, 7) is 7.64. The Morgan fingerprint density at radius 1 is 0.816 bits per heavy atom. The van der Waals surface area contributed by atoms with Crippen molar-refractivity contribution in [3.63, 3.8) is 0 Å². The van der Waals surface area contributed by atoms with Gasteiger partial charge in [-0.3, -0.25) is 14.4 Å². The van der Waals surface area contributed by atoms with Crippen molar-refractivity contribution in [3.8, 4) is 0 Å². The predicted octanol–water partition coefficient (Wildman–Crippen LogP) is 1.41. The van der Waals surface area contributed by atoms with E-state index in [1.165, 1.54) is 0 Å². The molecule has 0 spiro atoms. The number of carbonyl (C=O) groups is 3. The van der Waals surface area contributed by atoms with Gasteiger partial charge in [-0.1, -0.05) is 49.0 Å². The van der Waals surface area contributed by atoms with Crippen LogP contribution < -0.4 is 27.0 Å². The van der Waals surface area contributed by atoms with Crippen molar-refractivity contribution in [1.29, 1.82) is 0 Å². The molecular formula is C29H40N6O3. The zero-order valence-electron chi connectivity index (χ0n) is 22.1. The number of benzene rings is 2. The summed E-state index contributed by atoms with van der Waals surface area (Å²) < 4.78 is 0. The van der Waals surface area contributed by atoms with Crippen LogP contribution in [-0.2, 0) is 27.3 Å². The van der Waals surface area contributed by atoms with Crippen LogP contribution in [0.25, 0.3) is 5.57 Å². The predicted molar refractivity (Wildman–Crippen MR) is 151 cm³/mol. The molecule has 204 valence electrons. The fourth-order valence-electron chi connectivity index (χ4n) is 4.57. The molecule has 9 nitrogen and oxygen atoms in total. The Bertz CT molecular complexity index is 1090. The first-order chi connectivity index (χ1) is 18.4. The third-order valence-corrected chi connectivity index (χ3v) is 6.60. The van der Waals surface area contributed by atoms with E-state index in [4.69, 9.17) is 11.5 Å². The molecule has 0 saturated carbocycles. The van der Waals surface area contributed by atoms with E-state index < -0.39 is 0 Å². The summed E-state index contributed by atoms with van der Waals surface area (Å²) in [5.74, 6) is -0.215. The molecule has 1 aliphatic heterocycles. The number of para-hydroxylation sites is 1. The number of rotatable bonds is 13. The van der Waals surface area contributed by atoms with Gasteiger partial charge in [0.15, 0.2) is 0 Å². The van der Waals surface area contributed by atoms with Crippen LogP contribution >= 0.6 is 0 Å². The molecule has 0 aromatic heterocycles. The molecule has 1 aliphatic rings. The van der Waals surface area contributed by atoms with Gasteiger partial charge in [-0.2, -0.15) is 0 Å². The summed E-state index contributed by atoms with van der Waals surface area (Å²) in [5.41, 5.74) is 16.1. The lowest BCUT2D eigenvalue weighted by molar-refractivity contribution is -0.121. The number of fused-ring (bicyclic) bond motifs is 2. The van der Waals surface area contributed by atoms with E-state index in [1.54, 1.807) is 0 Å². The molecule has 2 aromatic carbocycles. The highest BCUT2D eigenvalue weighted by atomic mass is 16.2. The lowest BCUT2D eigenvalue weighted by Crippen LogP contribution is -2.39. The van der Waals surface area contributed by atoms with Crippen LogP contribution in [0, 0.1) is 0 Å². The van der Waals surface area contributed by atoms with E-state index in [-0.39, 0.29) is 37.0 Å². The maximum absolute atomic E-state index is 13.7. The molecule has 6 N–H and O–H groups in total. The maximum atomic E-state index is 13.7. The molecule has 0 atom stereocenters. The quantitative estimate of drug-likeness (QED) is 0.316. The minimum Gasteiger partial charge on any atom is -0.355 e. The van der Waals surface area contributed by atoms with Gasteiger partial charge < -0.3 is 31.9 Å². The van der Waals surface area contributed by atoms with E-state index >= 15 is 0 Å². The second kappa shape index (κ2) is 15.0. The van der Waals surface area contributed by atoms with Gasteiger partial charge in [0.1, 0.15) is 0 Å². The lowest BCUT2D eigenvalue weighted by Gasteiger charge is -2.30. The monoisotopic (exact) mass is 520 g/mol. The molecule has 3 rings (SSSR count). The van der Waals surface area contributed by atoms with Gasteiger partial charge in [0.25, 0.3) is 0 Å². The van der Waals surface area contributed by atoms with Crippen LogP contribution in [-0.4, -0.2) is 68.4 Å². The maximum Gasteiger partial charge on any atom is 0.228 e. The van der Waals surface area contributed by atoms with E-state index in [0.29, 0.717) is 58.8 Å². The SMILES string of the molecule is C=C1Cc2ccccc2N(C(=O)CCN(CCC(=O)NCCN)CCC(=O)NCCN)Cc2ccccc21. The first kappa shape index (κ1) is 29.0. The van der Waals surface area contributed by atoms with E-state index in [0.717, 1.165) is 28.0 Å². The highest BCUT2D eigenvalue weighted by Crippen LogP contribution is 2.33.